The monoisotopic (exact) mass is 310 g/mol. The third-order valence-electron chi connectivity index (χ3n) is 4.51. The van der Waals surface area contributed by atoms with Crippen LogP contribution in [0, 0.1) is 0 Å². The number of rotatable bonds is 1. The maximum Gasteiger partial charge on any atom is 0.311 e. The van der Waals surface area contributed by atoms with Gasteiger partial charge in [-0.15, -0.1) is 0 Å². The first-order valence-electron chi connectivity index (χ1n) is 8.16. The normalized spacial score (nSPS) is 25.8. The van der Waals surface area contributed by atoms with Crippen LogP contribution in [0.5, 0.6) is 0 Å². The minimum atomic E-state index is -0.456. The molecule has 2 aliphatic heterocycles. The lowest BCUT2D eigenvalue weighted by Crippen LogP contribution is -2.63. The minimum absolute atomic E-state index is 0.0372. The summed E-state index contributed by atoms with van der Waals surface area (Å²) in [5, 5.41) is 6.54. The lowest BCUT2D eigenvalue weighted by Gasteiger charge is -2.46. The van der Waals surface area contributed by atoms with Gasteiger partial charge >= 0.3 is 11.8 Å². The van der Waals surface area contributed by atoms with Crippen LogP contribution in [0.4, 0.5) is 0 Å². The topological polar surface area (TPSA) is 64.7 Å². The molecule has 0 spiro atoms. The van der Waals surface area contributed by atoms with E-state index in [1.54, 1.807) is 4.90 Å². The molecule has 22 heavy (non-hydrogen) atoms. The molecular formula is C16H30N4O2. The molecule has 0 saturated carbocycles. The number of likely N-dealkylation sites (N-methyl/N-ethyl adjacent to an activating group) is 1. The van der Waals surface area contributed by atoms with Crippen molar-refractivity contribution < 1.29 is 9.59 Å². The van der Waals surface area contributed by atoms with E-state index in [0.29, 0.717) is 13.1 Å². The van der Waals surface area contributed by atoms with Crippen molar-refractivity contribution in [2.75, 3.05) is 33.2 Å². The number of carbonyl (C=O) groups is 2. The van der Waals surface area contributed by atoms with E-state index in [9.17, 15) is 9.59 Å². The highest BCUT2D eigenvalue weighted by molar-refractivity contribution is 6.35. The molecule has 2 rings (SSSR count). The predicted octanol–water partition coefficient (Wildman–Crippen LogP) is 0.186. The first-order chi connectivity index (χ1) is 10.1. The molecule has 0 aliphatic carbocycles. The Labute approximate surface area is 133 Å². The number of hydrogen-bond donors (Lipinski definition) is 2. The van der Waals surface area contributed by atoms with Gasteiger partial charge in [0, 0.05) is 43.3 Å². The Balaban J connectivity index is 1.92. The van der Waals surface area contributed by atoms with Crippen LogP contribution < -0.4 is 10.6 Å². The Kier molecular flexibility index (Phi) is 4.82. The highest BCUT2D eigenvalue weighted by Crippen LogP contribution is 2.28. The molecule has 0 aromatic heterocycles. The van der Waals surface area contributed by atoms with Crippen LogP contribution in [0.1, 0.15) is 40.5 Å². The maximum atomic E-state index is 12.3. The third-order valence-corrected chi connectivity index (χ3v) is 4.51. The molecule has 0 aromatic rings. The first kappa shape index (κ1) is 17.2. The van der Waals surface area contributed by atoms with Gasteiger partial charge in [-0.3, -0.25) is 9.59 Å². The van der Waals surface area contributed by atoms with Crippen LogP contribution >= 0.6 is 0 Å². The Morgan fingerprint density at radius 2 is 1.50 bits per heavy atom. The van der Waals surface area contributed by atoms with Crippen LogP contribution in [0.15, 0.2) is 0 Å². The van der Waals surface area contributed by atoms with Crippen molar-refractivity contribution in [2.24, 2.45) is 0 Å². The fourth-order valence-electron chi connectivity index (χ4n) is 3.82. The molecule has 6 nitrogen and oxygen atoms in total. The zero-order valence-electron chi connectivity index (χ0n) is 14.5. The largest absolute Gasteiger partial charge is 0.345 e. The molecular weight excluding hydrogens is 280 g/mol. The van der Waals surface area contributed by atoms with Crippen LogP contribution in [0.2, 0.25) is 0 Å². The maximum absolute atomic E-state index is 12.3. The van der Waals surface area contributed by atoms with Gasteiger partial charge in [-0.05, 0) is 47.6 Å². The lowest BCUT2D eigenvalue weighted by atomic mass is 9.79. The van der Waals surface area contributed by atoms with Crippen molar-refractivity contribution in [1.29, 1.82) is 0 Å². The van der Waals surface area contributed by atoms with E-state index in [-0.39, 0.29) is 23.0 Å². The Bertz CT molecular complexity index is 423. The molecule has 2 N–H and O–H groups in total. The SMILES string of the molecule is CN1CCN(C(=O)C(=O)NC2CC(C)(C)NC(C)(C)C2)CC1. The predicted molar refractivity (Wildman–Crippen MR) is 86.5 cm³/mol. The molecule has 6 heteroatoms. The summed E-state index contributed by atoms with van der Waals surface area (Å²) < 4.78 is 0. The van der Waals surface area contributed by atoms with Gasteiger partial charge in [-0.25, -0.2) is 0 Å². The fraction of sp³-hybridized carbons (Fsp3) is 0.875. The van der Waals surface area contributed by atoms with Gasteiger partial charge in [0.15, 0.2) is 0 Å². The van der Waals surface area contributed by atoms with Gasteiger partial charge in [-0.1, -0.05) is 0 Å². The van der Waals surface area contributed by atoms with Gasteiger partial charge in [0.25, 0.3) is 0 Å². The number of nitrogens with one attached hydrogen (secondary N) is 2. The molecule has 2 heterocycles. The molecule has 2 amide bonds. The molecule has 0 unspecified atom stereocenters. The van der Waals surface area contributed by atoms with E-state index < -0.39 is 5.91 Å². The molecule has 0 aromatic carbocycles. The number of carbonyl (C=O) groups excluding carboxylic acids is 2. The Morgan fingerprint density at radius 1 is 1.00 bits per heavy atom. The number of nitrogens with zero attached hydrogens (tertiary/aromatic N) is 2. The number of piperazine rings is 1. The summed E-state index contributed by atoms with van der Waals surface area (Å²) >= 11 is 0. The van der Waals surface area contributed by atoms with Crippen molar-refractivity contribution in [3.63, 3.8) is 0 Å². The summed E-state index contributed by atoms with van der Waals surface area (Å²) in [7, 11) is 2.03. The van der Waals surface area contributed by atoms with E-state index in [0.717, 1.165) is 25.9 Å². The number of piperidine rings is 1. The van der Waals surface area contributed by atoms with Gasteiger partial charge < -0.3 is 20.4 Å². The van der Waals surface area contributed by atoms with Gasteiger partial charge in [0.1, 0.15) is 0 Å². The molecule has 2 fully saturated rings. The van der Waals surface area contributed by atoms with Gasteiger partial charge in [0.2, 0.25) is 0 Å². The molecule has 126 valence electrons. The van der Waals surface area contributed by atoms with Crippen LogP contribution in [-0.2, 0) is 9.59 Å². The highest BCUT2D eigenvalue weighted by atomic mass is 16.2. The molecule has 0 radical (unpaired) electrons. The highest BCUT2D eigenvalue weighted by Gasteiger charge is 2.39. The molecule has 2 aliphatic rings. The Hall–Kier alpha value is -1.14. The van der Waals surface area contributed by atoms with Crippen molar-refractivity contribution in [2.45, 2.75) is 57.7 Å². The zero-order valence-corrected chi connectivity index (χ0v) is 14.5. The summed E-state index contributed by atoms with van der Waals surface area (Å²) in [6.07, 6.45) is 1.66. The van der Waals surface area contributed by atoms with Crippen molar-refractivity contribution in [3.8, 4) is 0 Å². The van der Waals surface area contributed by atoms with Gasteiger partial charge in [0.05, 0.1) is 0 Å². The standard InChI is InChI=1S/C16H30N4O2/c1-15(2)10-12(11-16(3,4)18-15)17-13(21)14(22)20-8-6-19(5)7-9-20/h12,18H,6-11H2,1-5H3,(H,17,21). The van der Waals surface area contributed by atoms with E-state index in [4.69, 9.17) is 0 Å². The van der Waals surface area contributed by atoms with Gasteiger partial charge in [-0.2, -0.15) is 0 Å². The molecule has 0 bridgehead atoms. The lowest BCUT2D eigenvalue weighted by molar-refractivity contribution is -0.147. The zero-order chi connectivity index (χ0) is 16.5. The summed E-state index contributed by atoms with van der Waals surface area (Å²) in [6.45, 7) is 11.5. The summed E-state index contributed by atoms with van der Waals surface area (Å²) in [6, 6.07) is 0.0372. The first-order valence-corrected chi connectivity index (χ1v) is 8.16. The second-order valence-electron chi connectivity index (χ2n) is 8.07. The summed E-state index contributed by atoms with van der Waals surface area (Å²) in [4.78, 5) is 28.4. The second-order valence-corrected chi connectivity index (χ2v) is 8.07. The summed E-state index contributed by atoms with van der Waals surface area (Å²) in [5.41, 5.74) is -0.0901. The van der Waals surface area contributed by atoms with E-state index in [1.807, 2.05) is 7.05 Å². The molecule has 0 atom stereocenters. The third kappa shape index (κ3) is 4.43. The van der Waals surface area contributed by atoms with Crippen molar-refractivity contribution >= 4 is 11.8 Å². The van der Waals surface area contributed by atoms with Crippen LogP contribution in [-0.4, -0.2) is 72.0 Å². The van der Waals surface area contributed by atoms with Crippen molar-refractivity contribution in [3.05, 3.63) is 0 Å². The van der Waals surface area contributed by atoms with E-state index in [2.05, 4.69) is 43.2 Å². The second kappa shape index (κ2) is 6.16. The summed E-state index contributed by atoms with van der Waals surface area (Å²) in [5.74, 6) is -0.842. The Morgan fingerprint density at radius 3 is 2.00 bits per heavy atom. The number of amides is 2. The molecule has 2 saturated heterocycles. The average Bonchev–Trinajstić information content (AvgIpc) is 2.34. The smallest absolute Gasteiger partial charge is 0.311 e. The van der Waals surface area contributed by atoms with Crippen LogP contribution in [0.25, 0.3) is 0 Å². The van der Waals surface area contributed by atoms with Crippen molar-refractivity contribution in [1.82, 2.24) is 20.4 Å². The quantitative estimate of drug-likeness (QED) is 0.679. The van der Waals surface area contributed by atoms with E-state index >= 15 is 0 Å². The van der Waals surface area contributed by atoms with E-state index in [1.165, 1.54) is 0 Å². The van der Waals surface area contributed by atoms with Crippen LogP contribution in [0.3, 0.4) is 0 Å². The fourth-order valence-corrected chi connectivity index (χ4v) is 3.82. The number of hydrogen-bond acceptors (Lipinski definition) is 4. The average molecular weight is 310 g/mol. The minimum Gasteiger partial charge on any atom is -0.345 e.